The SMILES string of the molecule is COc1ccc(O)c(CNCC2CCOC2)c1. The third-order valence-electron chi connectivity index (χ3n) is 3.06. The molecule has 0 bridgehead atoms. The molecule has 1 saturated heterocycles. The molecule has 0 amide bonds. The Morgan fingerprint density at radius 1 is 1.53 bits per heavy atom. The molecule has 1 heterocycles. The molecular weight excluding hydrogens is 218 g/mol. The van der Waals surface area contributed by atoms with Gasteiger partial charge in [0.25, 0.3) is 0 Å². The van der Waals surface area contributed by atoms with Crippen molar-refractivity contribution < 1.29 is 14.6 Å². The lowest BCUT2D eigenvalue weighted by molar-refractivity contribution is 0.185. The van der Waals surface area contributed by atoms with Gasteiger partial charge in [0.05, 0.1) is 13.7 Å². The summed E-state index contributed by atoms with van der Waals surface area (Å²) in [7, 11) is 1.62. The topological polar surface area (TPSA) is 50.7 Å². The van der Waals surface area contributed by atoms with Crippen molar-refractivity contribution in [2.24, 2.45) is 5.92 Å². The monoisotopic (exact) mass is 237 g/mol. The maximum Gasteiger partial charge on any atom is 0.120 e. The van der Waals surface area contributed by atoms with Gasteiger partial charge in [0, 0.05) is 25.3 Å². The van der Waals surface area contributed by atoms with Gasteiger partial charge in [-0.2, -0.15) is 0 Å². The highest BCUT2D eigenvalue weighted by Gasteiger charge is 2.14. The van der Waals surface area contributed by atoms with Crippen LogP contribution in [0.15, 0.2) is 18.2 Å². The fourth-order valence-electron chi connectivity index (χ4n) is 1.99. The Morgan fingerprint density at radius 2 is 2.41 bits per heavy atom. The van der Waals surface area contributed by atoms with Crippen LogP contribution in [0.2, 0.25) is 0 Å². The van der Waals surface area contributed by atoms with E-state index in [-0.39, 0.29) is 0 Å². The van der Waals surface area contributed by atoms with E-state index in [0.717, 1.165) is 37.5 Å². The molecule has 1 aromatic rings. The Labute approximate surface area is 102 Å². The predicted molar refractivity (Wildman–Crippen MR) is 65.3 cm³/mol. The lowest BCUT2D eigenvalue weighted by Crippen LogP contribution is -2.22. The van der Waals surface area contributed by atoms with E-state index in [9.17, 15) is 5.11 Å². The summed E-state index contributed by atoms with van der Waals surface area (Å²) in [6.45, 7) is 3.30. The molecular formula is C13H19NO3. The summed E-state index contributed by atoms with van der Waals surface area (Å²) in [6, 6.07) is 5.27. The number of aromatic hydroxyl groups is 1. The number of hydrogen-bond donors (Lipinski definition) is 2. The van der Waals surface area contributed by atoms with Gasteiger partial charge in [0.1, 0.15) is 11.5 Å². The summed E-state index contributed by atoms with van der Waals surface area (Å²) < 4.78 is 10.4. The number of phenolic OH excluding ortho intramolecular Hbond substituents is 1. The van der Waals surface area contributed by atoms with E-state index >= 15 is 0 Å². The minimum absolute atomic E-state index is 0.306. The van der Waals surface area contributed by atoms with Gasteiger partial charge in [-0.3, -0.25) is 0 Å². The molecule has 1 aliphatic heterocycles. The zero-order chi connectivity index (χ0) is 12.1. The van der Waals surface area contributed by atoms with Crippen molar-refractivity contribution in [1.82, 2.24) is 5.32 Å². The molecule has 4 heteroatoms. The Hall–Kier alpha value is -1.26. The number of benzene rings is 1. The Morgan fingerprint density at radius 3 is 3.12 bits per heavy atom. The molecule has 0 aromatic heterocycles. The molecule has 0 aliphatic carbocycles. The molecule has 1 aromatic carbocycles. The van der Waals surface area contributed by atoms with Gasteiger partial charge in [-0.25, -0.2) is 0 Å². The quantitative estimate of drug-likeness (QED) is 0.815. The van der Waals surface area contributed by atoms with Crippen molar-refractivity contribution in [3.05, 3.63) is 23.8 Å². The van der Waals surface area contributed by atoms with Crippen molar-refractivity contribution in [3.8, 4) is 11.5 Å². The normalized spacial score (nSPS) is 19.5. The third kappa shape index (κ3) is 3.35. The van der Waals surface area contributed by atoms with Gasteiger partial charge in [0.15, 0.2) is 0 Å². The van der Waals surface area contributed by atoms with Gasteiger partial charge in [-0.15, -0.1) is 0 Å². The molecule has 94 valence electrons. The van der Waals surface area contributed by atoms with Crippen molar-refractivity contribution in [3.63, 3.8) is 0 Å². The highest BCUT2D eigenvalue weighted by atomic mass is 16.5. The van der Waals surface area contributed by atoms with Gasteiger partial charge in [-0.1, -0.05) is 0 Å². The van der Waals surface area contributed by atoms with Crippen LogP contribution in [0.1, 0.15) is 12.0 Å². The first kappa shape index (κ1) is 12.2. The van der Waals surface area contributed by atoms with Crippen molar-refractivity contribution >= 4 is 0 Å². The van der Waals surface area contributed by atoms with Crippen LogP contribution < -0.4 is 10.1 Å². The molecule has 2 N–H and O–H groups in total. The van der Waals surface area contributed by atoms with Crippen LogP contribution in [-0.4, -0.2) is 32.0 Å². The zero-order valence-corrected chi connectivity index (χ0v) is 10.1. The largest absolute Gasteiger partial charge is 0.508 e. The first-order valence-corrected chi connectivity index (χ1v) is 5.94. The highest BCUT2D eigenvalue weighted by molar-refractivity contribution is 5.39. The standard InChI is InChI=1S/C13H19NO3/c1-16-12-2-3-13(15)11(6-12)8-14-7-10-4-5-17-9-10/h2-3,6,10,14-15H,4-5,7-9H2,1H3. The molecule has 4 nitrogen and oxygen atoms in total. The smallest absolute Gasteiger partial charge is 0.120 e. The minimum atomic E-state index is 0.306. The number of rotatable bonds is 5. The van der Waals surface area contributed by atoms with Gasteiger partial charge in [-0.05, 0) is 30.5 Å². The summed E-state index contributed by atoms with van der Waals surface area (Å²) in [5.41, 5.74) is 0.864. The number of hydrogen-bond acceptors (Lipinski definition) is 4. The Bertz CT molecular complexity index is 362. The number of phenols is 1. The summed E-state index contributed by atoms with van der Waals surface area (Å²) in [5.74, 6) is 1.67. The van der Waals surface area contributed by atoms with Crippen LogP contribution >= 0.6 is 0 Å². The number of ether oxygens (including phenoxy) is 2. The van der Waals surface area contributed by atoms with Crippen LogP contribution in [0.5, 0.6) is 11.5 Å². The number of nitrogens with one attached hydrogen (secondary N) is 1. The first-order valence-electron chi connectivity index (χ1n) is 5.94. The summed E-state index contributed by atoms with van der Waals surface area (Å²) >= 11 is 0. The molecule has 17 heavy (non-hydrogen) atoms. The second kappa shape index (κ2) is 5.89. The van der Waals surface area contributed by atoms with Gasteiger partial charge in [0.2, 0.25) is 0 Å². The average Bonchev–Trinajstić information content (AvgIpc) is 2.84. The van der Waals surface area contributed by atoms with Crippen LogP contribution in [0.25, 0.3) is 0 Å². The second-order valence-corrected chi connectivity index (χ2v) is 4.36. The van der Waals surface area contributed by atoms with Crippen LogP contribution in [0, 0.1) is 5.92 Å². The molecule has 2 rings (SSSR count). The molecule has 1 atom stereocenters. The van der Waals surface area contributed by atoms with E-state index in [2.05, 4.69) is 5.32 Å². The number of methoxy groups -OCH3 is 1. The molecule has 0 saturated carbocycles. The van der Waals surface area contributed by atoms with Crippen molar-refractivity contribution in [2.75, 3.05) is 26.9 Å². The van der Waals surface area contributed by atoms with Crippen molar-refractivity contribution in [2.45, 2.75) is 13.0 Å². The summed E-state index contributed by atoms with van der Waals surface area (Å²) in [4.78, 5) is 0. The lowest BCUT2D eigenvalue weighted by atomic mass is 10.1. The maximum absolute atomic E-state index is 9.70. The second-order valence-electron chi connectivity index (χ2n) is 4.36. The fourth-order valence-corrected chi connectivity index (χ4v) is 1.99. The van der Waals surface area contributed by atoms with E-state index < -0.39 is 0 Å². The highest BCUT2D eigenvalue weighted by Crippen LogP contribution is 2.22. The van der Waals surface area contributed by atoms with E-state index in [0.29, 0.717) is 18.2 Å². The minimum Gasteiger partial charge on any atom is -0.508 e. The lowest BCUT2D eigenvalue weighted by Gasteiger charge is -2.11. The van der Waals surface area contributed by atoms with Crippen molar-refractivity contribution in [1.29, 1.82) is 0 Å². The van der Waals surface area contributed by atoms with Crippen LogP contribution in [-0.2, 0) is 11.3 Å². The molecule has 1 aliphatic rings. The van der Waals surface area contributed by atoms with E-state index in [1.807, 2.05) is 6.07 Å². The fraction of sp³-hybridized carbons (Fsp3) is 0.538. The zero-order valence-electron chi connectivity index (χ0n) is 10.1. The van der Waals surface area contributed by atoms with Gasteiger partial charge < -0.3 is 19.9 Å². The predicted octanol–water partition coefficient (Wildman–Crippen LogP) is 1.53. The summed E-state index contributed by atoms with van der Waals surface area (Å²) in [5, 5.41) is 13.0. The van der Waals surface area contributed by atoms with E-state index in [4.69, 9.17) is 9.47 Å². The summed E-state index contributed by atoms with van der Waals surface area (Å²) in [6.07, 6.45) is 1.12. The average molecular weight is 237 g/mol. The van der Waals surface area contributed by atoms with Gasteiger partial charge >= 0.3 is 0 Å². The van der Waals surface area contributed by atoms with E-state index in [1.165, 1.54) is 0 Å². The third-order valence-corrected chi connectivity index (χ3v) is 3.06. The molecule has 1 unspecified atom stereocenters. The Balaban J connectivity index is 1.84. The van der Waals surface area contributed by atoms with Crippen LogP contribution in [0.4, 0.5) is 0 Å². The molecule has 0 spiro atoms. The van der Waals surface area contributed by atoms with E-state index in [1.54, 1.807) is 19.2 Å². The maximum atomic E-state index is 9.70. The first-order chi connectivity index (χ1) is 8.29. The van der Waals surface area contributed by atoms with Crippen LogP contribution in [0.3, 0.4) is 0 Å². The molecule has 1 fully saturated rings. The molecule has 0 radical (unpaired) electrons. The Kier molecular flexibility index (Phi) is 4.23.